The van der Waals surface area contributed by atoms with E-state index in [1.807, 2.05) is 20.8 Å². The van der Waals surface area contributed by atoms with Crippen LogP contribution in [0.15, 0.2) is 0 Å². The van der Waals surface area contributed by atoms with Gasteiger partial charge in [0.25, 0.3) is 10.1 Å². The van der Waals surface area contributed by atoms with Crippen molar-refractivity contribution in [2.45, 2.75) is 38.9 Å². The minimum Gasteiger partial charge on any atom is -0.395 e. The normalized spacial score (nSPS) is 15.7. The van der Waals surface area contributed by atoms with Crippen molar-refractivity contribution in [3.63, 3.8) is 0 Å². The molecular weight excluding hydrogens is 272 g/mol. The Morgan fingerprint density at radius 3 is 2.32 bits per heavy atom. The van der Waals surface area contributed by atoms with E-state index in [0.717, 1.165) is 0 Å². The van der Waals surface area contributed by atoms with E-state index in [1.165, 1.54) is 0 Å². The lowest BCUT2D eigenvalue weighted by molar-refractivity contribution is 0.0745. The number of aliphatic hydroxyl groups is 1. The molecule has 0 aliphatic carbocycles. The van der Waals surface area contributed by atoms with Crippen LogP contribution in [0.25, 0.3) is 0 Å². The third-order valence-corrected chi connectivity index (χ3v) is 3.05. The minimum absolute atomic E-state index is 0.00272. The van der Waals surface area contributed by atoms with Gasteiger partial charge < -0.3 is 20.5 Å². The van der Waals surface area contributed by atoms with Crippen molar-refractivity contribution < 1.29 is 22.8 Å². The van der Waals surface area contributed by atoms with Crippen LogP contribution in [-0.2, 0) is 14.9 Å². The van der Waals surface area contributed by atoms with Gasteiger partial charge in [-0.3, -0.25) is 4.55 Å². The SMILES string of the molecule is CC(C)NC(CO)COCC(C)NCCS(=O)(=O)O. The van der Waals surface area contributed by atoms with Crippen molar-refractivity contribution in [2.24, 2.45) is 0 Å². The second-order valence-corrected chi connectivity index (χ2v) is 6.45. The number of aliphatic hydroxyl groups excluding tert-OH is 1. The van der Waals surface area contributed by atoms with E-state index in [0.29, 0.717) is 13.2 Å². The minimum atomic E-state index is -3.92. The zero-order chi connectivity index (χ0) is 14.9. The smallest absolute Gasteiger partial charge is 0.266 e. The van der Waals surface area contributed by atoms with Crippen LogP contribution in [0.1, 0.15) is 20.8 Å². The van der Waals surface area contributed by atoms with Crippen LogP contribution in [0.5, 0.6) is 0 Å². The van der Waals surface area contributed by atoms with Gasteiger partial charge in [-0.1, -0.05) is 13.8 Å². The topological polar surface area (TPSA) is 108 Å². The van der Waals surface area contributed by atoms with E-state index in [9.17, 15) is 8.42 Å². The first-order chi connectivity index (χ1) is 8.74. The quantitative estimate of drug-likeness (QED) is 0.371. The predicted octanol–water partition coefficient (Wildman–Crippen LogP) is -0.772. The third kappa shape index (κ3) is 12.5. The zero-order valence-electron chi connectivity index (χ0n) is 11.8. The van der Waals surface area contributed by atoms with Crippen molar-refractivity contribution in [3.8, 4) is 0 Å². The Bertz CT molecular complexity index is 321. The number of nitrogens with one attached hydrogen (secondary N) is 2. The first-order valence-corrected chi connectivity index (χ1v) is 7.98. The molecule has 116 valence electrons. The van der Waals surface area contributed by atoms with E-state index < -0.39 is 10.1 Å². The van der Waals surface area contributed by atoms with Crippen LogP contribution in [0, 0.1) is 0 Å². The van der Waals surface area contributed by atoms with E-state index >= 15 is 0 Å². The average molecular weight is 298 g/mol. The van der Waals surface area contributed by atoms with Crippen molar-refractivity contribution in [3.05, 3.63) is 0 Å². The number of hydrogen-bond acceptors (Lipinski definition) is 6. The van der Waals surface area contributed by atoms with Gasteiger partial charge in [-0.05, 0) is 6.92 Å². The molecule has 0 saturated heterocycles. The van der Waals surface area contributed by atoms with Gasteiger partial charge >= 0.3 is 0 Å². The van der Waals surface area contributed by atoms with Gasteiger partial charge in [0.05, 0.1) is 31.6 Å². The number of ether oxygens (including phenoxy) is 1. The van der Waals surface area contributed by atoms with Crippen LogP contribution in [-0.4, -0.2) is 68.3 Å². The molecule has 0 fully saturated rings. The molecule has 0 aromatic carbocycles. The Labute approximate surface area is 115 Å². The molecule has 0 saturated carbocycles. The molecule has 0 aromatic heterocycles. The van der Waals surface area contributed by atoms with E-state index in [4.69, 9.17) is 14.4 Å². The van der Waals surface area contributed by atoms with Gasteiger partial charge in [-0.2, -0.15) is 8.42 Å². The summed E-state index contributed by atoms with van der Waals surface area (Å²) in [5.41, 5.74) is 0. The molecule has 8 heteroatoms. The Morgan fingerprint density at radius 1 is 1.21 bits per heavy atom. The maximum absolute atomic E-state index is 10.5. The molecule has 0 radical (unpaired) electrons. The molecule has 7 nitrogen and oxygen atoms in total. The van der Waals surface area contributed by atoms with Crippen LogP contribution < -0.4 is 10.6 Å². The second kappa shape index (κ2) is 9.62. The summed E-state index contributed by atoms with van der Waals surface area (Å²) in [6.45, 7) is 6.80. The maximum atomic E-state index is 10.5. The summed E-state index contributed by atoms with van der Waals surface area (Å²) in [5.74, 6) is -0.314. The fraction of sp³-hybridized carbons (Fsp3) is 1.00. The van der Waals surface area contributed by atoms with Crippen molar-refractivity contribution in [1.29, 1.82) is 0 Å². The maximum Gasteiger partial charge on any atom is 0.266 e. The third-order valence-electron chi connectivity index (χ3n) is 2.33. The van der Waals surface area contributed by atoms with Crippen LogP contribution in [0.4, 0.5) is 0 Å². The molecule has 4 N–H and O–H groups in total. The van der Waals surface area contributed by atoms with Crippen molar-refractivity contribution >= 4 is 10.1 Å². The average Bonchev–Trinajstić information content (AvgIpc) is 2.25. The van der Waals surface area contributed by atoms with Crippen molar-refractivity contribution in [1.82, 2.24) is 10.6 Å². The van der Waals surface area contributed by atoms with Gasteiger partial charge in [-0.25, -0.2) is 0 Å². The summed E-state index contributed by atoms with van der Waals surface area (Å²) in [7, 11) is -3.92. The molecule has 0 aliphatic rings. The summed E-state index contributed by atoms with van der Waals surface area (Å²) >= 11 is 0. The molecule has 0 aromatic rings. The Kier molecular flexibility index (Phi) is 9.50. The summed E-state index contributed by atoms with van der Waals surface area (Å²) in [4.78, 5) is 0. The van der Waals surface area contributed by atoms with Crippen LogP contribution in [0.3, 0.4) is 0 Å². The number of hydrogen-bond donors (Lipinski definition) is 4. The molecule has 0 amide bonds. The molecule has 0 rings (SSSR count). The monoisotopic (exact) mass is 298 g/mol. The highest BCUT2D eigenvalue weighted by atomic mass is 32.2. The van der Waals surface area contributed by atoms with Crippen LogP contribution in [0.2, 0.25) is 0 Å². The summed E-state index contributed by atoms with van der Waals surface area (Å²) < 4.78 is 35.0. The molecule has 0 heterocycles. The van der Waals surface area contributed by atoms with Gasteiger partial charge in [0.2, 0.25) is 0 Å². The summed E-state index contributed by atoms with van der Waals surface area (Å²) in [6, 6.07) is 0.135. The van der Waals surface area contributed by atoms with Gasteiger partial charge in [-0.15, -0.1) is 0 Å². The molecule has 0 aliphatic heterocycles. The Morgan fingerprint density at radius 2 is 1.84 bits per heavy atom. The summed E-state index contributed by atoms with van der Waals surface area (Å²) in [5, 5.41) is 15.2. The standard InChI is InChI=1S/C11H26N2O5S/c1-9(2)13-11(6-14)8-18-7-10(3)12-4-5-19(15,16)17/h9-14H,4-8H2,1-3H3,(H,15,16,17). The molecule has 0 bridgehead atoms. The Balaban J connectivity index is 3.69. The highest BCUT2D eigenvalue weighted by Crippen LogP contribution is 1.91. The zero-order valence-corrected chi connectivity index (χ0v) is 12.6. The van der Waals surface area contributed by atoms with E-state index in [1.54, 1.807) is 0 Å². The predicted molar refractivity (Wildman–Crippen MR) is 73.8 cm³/mol. The molecule has 0 spiro atoms. The van der Waals surface area contributed by atoms with E-state index in [2.05, 4.69) is 10.6 Å². The van der Waals surface area contributed by atoms with Gasteiger partial charge in [0, 0.05) is 18.6 Å². The largest absolute Gasteiger partial charge is 0.395 e. The fourth-order valence-corrected chi connectivity index (χ4v) is 1.88. The number of rotatable bonds is 11. The van der Waals surface area contributed by atoms with Crippen molar-refractivity contribution in [2.75, 3.05) is 32.1 Å². The fourth-order valence-electron chi connectivity index (χ4n) is 1.51. The first kappa shape index (κ1) is 18.8. The molecule has 19 heavy (non-hydrogen) atoms. The summed E-state index contributed by atoms with van der Waals surface area (Å²) in [6.07, 6.45) is 0. The van der Waals surface area contributed by atoms with Gasteiger partial charge in [0.1, 0.15) is 0 Å². The lowest BCUT2D eigenvalue weighted by atomic mass is 10.3. The van der Waals surface area contributed by atoms with Crippen LogP contribution >= 0.6 is 0 Å². The molecular formula is C11H26N2O5S. The molecule has 2 atom stereocenters. The van der Waals surface area contributed by atoms with E-state index in [-0.39, 0.29) is 37.0 Å². The molecule has 2 unspecified atom stereocenters. The Hall–Kier alpha value is -0.250. The lowest BCUT2D eigenvalue weighted by Crippen LogP contribution is -2.42. The highest BCUT2D eigenvalue weighted by molar-refractivity contribution is 7.85. The lowest BCUT2D eigenvalue weighted by Gasteiger charge is -2.20. The highest BCUT2D eigenvalue weighted by Gasteiger charge is 2.10. The first-order valence-electron chi connectivity index (χ1n) is 6.37. The van der Waals surface area contributed by atoms with Gasteiger partial charge in [0.15, 0.2) is 0 Å². The second-order valence-electron chi connectivity index (χ2n) is 4.88.